The van der Waals surface area contributed by atoms with E-state index in [0.717, 1.165) is 11.5 Å². The molecule has 1 aromatic heterocycles. The van der Waals surface area contributed by atoms with Gasteiger partial charge in [0, 0.05) is 5.38 Å². The molecule has 0 fully saturated rings. The predicted molar refractivity (Wildman–Crippen MR) is 66.8 cm³/mol. The number of carbonyl (C=O) groups excluding carboxylic acids is 2. The number of isocyanates is 1. The molecule has 0 N–H and O–H groups in total. The van der Waals surface area contributed by atoms with Gasteiger partial charge in [0.15, 0.2) is 10.6 Å². The molecule has 1 rings (SSSR count). The second kappa shape index (κ2) is 7.25. The second-order valence-corrected chi connectivity index (χ2v) is 5.85. The van der Waals surface area contributed by atoms with E-state index < -0.39 is 38.1 Å². The Morgan fingerprint density at radius 2 is 2.19 bits per heavy atom. The molecule has 1 aromatic rings. The lowest BCUT2D eigenvalue weighted by molar-refractivity contribution is -0.0514. The van der Waals surface area contributed by atoms with Gasteiger partial charge >= 0.3 is 12.6 Å². The zero-order valence-electron chi connectivity index (χ0n) is 10.5. The summed E-state index contributed by atoms with van der Waals surface area (Å²) in [5, 5.41) is 0.891. The molecule has 0 aliphatic rings. The molecule has 0 saturated heterocycles. The Labute approximate surface area is 122 Å². The molecule has 0 radical (unpaired) electrons. The Balaban J connectivity index is 3.36. The molecule has 0 unspecified atom stereocenters. The van der Waals surface area contributed by atoms with E-state index in [-0.39, 0.29) is 6.61 Å². The van der Waals surface area contributed by atoms with Gasteiger partial charge in [0.25, 0.3) is 16.1 Å². The average molecular weight is 341 g/mol. The number of nitrogens with zero attached hydrogens (tertiary/aromatic N) is 1. The van der Waals surface area contributed by atoms with Crippen molar-refractivity contribution < 1.29 is 36.3 Å². The van der Waals surface area contributed by atoms with E-state index in [9.17, 15) is 26.8 Å². The average Bonchev–Trinajstić information content (AvgIpc) is 2.79. The lowest BCUT2D eigenvalue weighted by Crippen LogP contribution is -2.11. The number of carbonyl (C=O) groups is 1. The van der Waals surface area contributed by atoms with Gasteiger partial charge in [-0.05, 0) is 6.42 Å². The highest BCUT2D eigenvalue weighted by Gasteiger charge is 2.31. The van der Waals surface area contributed by atoms with Gasteiger partial charge in [-0.25, -0.2) is 9.59 Å². The molecule has 1 heterocycles. The minimum atomic E-state index is -4.69. The molecule has 116 valence electrons. The number of ether oxygens (including phenoxy) is 2. The van der Waals surface area contributed by atoms with Gasteiger partial charge in [-0.2, -0.15) is 17.2 Å². The Morgan fingerprint density at radius 1 is 1.52 bits per heavy atom. The SMILES string of the molecule is CCCOC(=O)c1scc(OC(F)F)c1S(=O)(=O)N=C=O. The second-order valence-electron chi connectivity index (χ2n) is 3.43. The smallest absolute Gasteiger partial charge is 0.387 e. The predicted octanol–water partition coefficient (Wildman–Crippen LogP) is 1.94. The summed E-state index contributed by atoms with van der Waals surface area (Å²) in [7, 11) is -4.69. The molecule has 11 heteroatoms. The fraction of sp³-hybridized carbons (Fsp3) is 0.400. The van der Waals surface area contributed by atoms with E-state index in [4.69, 9.17) is 4.74 Å². The fourth-order valence-corrected chi connectivity index (χ4v) is 3.41. The zero-order chi connectivity index (χ0) is 16.0. The van der Waals surface area contributed by atoms with E-state index in [1.807, 2.05) is 0 Å². The maximum Gasteiger partial charge on any atom is 0.387 e. The van der Waals surface area contributed by atoms with Crippen molar-refractivity contribution in [1.29, 1.82) is 0 Å². The third kappa shape index (κ3) is 4.31. The Kier molecular flexibility index (Phi) is 5.94. The van der Waals surface area contributed by atoms with Crippen LogP contribution < -0.4 is 4.74 Å². The number of halogens is 2. The van der Waals surface area contributed by atoms with Crippen molar-refractivity contribution in [3.05, 3.63) is 10.3 Å². The minimum Gasteiger partial charge on any atom is -0.461 e. The van der Waals surface area contributed by atoms with Gasteiger partial charge in [0.1, 0.15) is 4.88 Å². The van der Waals surface area contributed by atoms with Gasteiger partial charge in [0.05, 0.1) is 6.61 Å². The largest absolute Gasteiger partial charge is 0.461 e. The summed E-state index contributed by atoms with van der Waals surface area (Å²) in [4.78, 5) is 20.4. The molecule has 7 nitrogen and oxygen atoms in total. The van der Waals surface area contributed by atoms with Crippen LogP contribution in [0.1, 0.15) is 23.0 Å². The first kappa shape index (κ1) is 17.2. The highest BCUT2D eigenvalue weighted by molar-refractivity contribution is 7.90. The first-order valence-electron chi connectivity index (χ1n) is 5.41. The number of rotatable bonds is 7. The fourth-order valence-electron chi connectivity index (χ4n) is 1.25. The van der Waals surface area contributed by atoms with Crippen LogP contribution in [0.2, 0.25) is 0 Å². The number of hydrogen-bond donors (Lipinski definition) is 0. The monoisotopic (exact) mass is 341 g/mol. The summed E-state index contributed by atoms with van der Waals surface area (Å²) >= 11 is 0.528. The van der Waals surface area contributed by atoms with Crippen LogP contribution in [-0.2, 0) is 19.6 Å². The van der Waals surface area contributed by atoms with Crippen molar-refractivity contribution in [1.82, 2.24) is 0 Å². The van der Waals surface area contributed by atoms with Crippen LogP contribution in [0, 0.1) is 0 Å². The molecular weight excluding hydrogens is 332 g/mol. The van der Waals surface area contributed by atoms with Crippen molar-refractivity contribution in [2.24, 2.45) is 4.40 Å². The maximum absolute atomic E-state index is 12.3. The van der Waals surface area contributed by atoms with E-state index in [1.54, 1.807) is 6.92 Å². The highest BCUT2D eigenvalue weighted by Crippen LogP contribution is 2.36. The third-order valence-corrected chi connectivity index (χ3v) is 4.27. The number of thiophene rings is 1. The van der Waals surface area contributed by atoms with Crippen molar-refractivity contribution in [3.8, 4) is 5.75 Å². The summed E-state index contributed by atoms with van der Waals surface area (Å²) in [6.07, 6.45) is 1.26. The van der Waals surface area contributed by atoms with E-state index in [0.29, 0.717) is 17.8 Å². The summed E-state index contributed by atoms with van der Waals surface area (Å²) in [5.74, 6) is -1.82. The van der Waals surface area contributed by atoms with E-state index in [2.05, 4.69) is 9.13 Å². The normalized spacial score (nSPS) is 11.0. The molecule has 0 spiro atoms. The van der Waals surface area contributed by atoms with Crippen LogP contribution in [0.15, 0.2) is 14.7 Å². The Bertz CT molecular complexity index is 663. The topological polar surface area (TPSA) is 99.1 Å². The minimum absolute atomic E-state index is 0.0121. The molecule has 0 saturated carbocycles. The van der Waals surface area contributed by atoms with Gasteiger partial charge < -0.3 is 9.47 Å². The van der Waals surface area contributed by atoms with E-state index in [1.165, 1.54) is 0 Å². The Hall–Kier alpha value is -1.84. The number of alkyl halides is 2. The van der Waals surface area contributed by atoms with Crippen LogP contribution in [0.4, 0.5) is 8.78 Å². The van der Waals surface area contributed by atoms with Gasteiger partial charge in [0.2, 0.25) is 0 Å². The standard InChI is InChI=1S/C10H9F2NO6S2/c1-2-3-18-9(15)7-8(21(16,17)13-5-14)6(4-20-7)19-10(11)12/h4,10H,2-3H2,1H3. The first-order chi connectivity index (χ1) is 9.83. The molecule has 0 bridgehead atoms. The summed E-state index contributed by atoms with van der Waals surface area (Å²) in [5.41, 5.74) is 0. The molecule has 0 aliphatic heterocycles. The lowest BCUT2D eigenvalue weighted by Gasteiger charge is -2.06. The molecule has 0 aromatic carbocycles. The molecule has 0 aliphatic carbocycles. The number of sulfonamides is 1. The van der Waals surface area contributed by atoms with Crippen LogP contribution in [0.25, 0.3) is 0 Å². The van der Waals surface area contributed by atoms with Gasteiger partial charge in [-0.1, -0.05) is 11.3 Å². The van der Waals surface area contributed by atoms with Crippen LogP contribution in [0.3, 0.4) is 0 Å². The van der Waals surface area contributed by atoms with Crippen LogP contribution >= 0.6 is 11.3 Å². The Morgan fingerprint density at radius 3 is 2.71 bits per heavy atom. The number of hydrogen-bond acceptors (Lipinski definition) is 7. The van der Waals surface area contributed by atoms with Gasteiger partial charge in [-0.3, -0.25) is 0 Å². The third-order valence-electron chi connectivity index (χ3n) is 1.97. The summed E-state index contributed by atoms with van der Waals surface area (Å²) in [6.45, 7) is -1.59. The molecule has 0 atom stereocenters. The zero-order valence-corrected chi connectivity index (χ0v) is 12.2. The van der Waals surface area contributed by atoms with Crippen molar-refractivity contribution >= 4 is 33.4 Å². The summed E-state index contributed by atoms with van der Waals surface area (Å²) < 4.78 is 59.3. The molecular formula is C10H9F2NO6S2. The first-order valence-corrected chi connectivity index (χ1v) is 7.73. The molecule has 0 amide bonds. The van der Waals surface area contributed by atoms with E-state index >= 15 is 0 Å². The lowest BCUT2D eigenvalue weighted by atomic mass is 10.4. The summed E-state index contributed by atoms with van der Waals surface area (Å²) in [6, 6.07) is 0. The number of esters is 1. The molecule has 21 heavy (non-hydrogen) atoms. The highest BCUT2D eigenvalue weighted by atomic mass is 32.2. The van der Waals surface area contributed by atoms with Gasteiger partial charge in [-0.15, -0.1) is 11.3 Å². The van der Waals surface area contributed by atoms with Crippen LogP contribution in [-0.4, -0.2) is 33.7 Å². The van der Waals surface area contributed by atoms with Crippen molar-refractivity contribution in [3.63, 3.8) is 0 Å². The maximum atomic E-state index is 12.3. The quantitative estimate of drug-likeness (QED) is 0.427. The van der Waals surface area contributed by atoms with Crippen molar-refractivity contribution in [2.75, 3.05) is 6.61 Å². The van der Waals surface area contributed by atoms with Crippen LogP contribution in [0.5, 0.6) is 5.75 Å². The van der Waals surface area contributed by atoms with Crippen molar-refractivity contribution in [2.45, 2.75) is 24.9 Å².